The van der Waals surface area contributed by atoms with Crippen molar-refractivity contribution in [2.75, 3.05) is 5.73 Å². The van der Waals surface area contributed by atoms with Crippen LogP contribution in [-0.4, -0.2) is 5.79 Å². The van der Waals surface area contributed by atoms with Crippen molar-refractivity contribution < 1.29 is 9.47 Å². The second-order valence-electron chi connectivity index (χ2n) is 3.56. The summed E-state index contributed by atoms with van der Waals surface area (Å²) in [4.78, 5) is 0. The molecule has 74 valence electrons. The molecule has 1 aromatic rings. The van der Waals surface area contributed by atoms with Crippen LogP contribution in [0.1, 0.15) is 12.5 Å². The van der Waals surface area contributed by atoms with Crippen LogP contribution in [0.5, 0.6) is 0 Å². The fraction of sp³-hybridized carbons (Fsp3) is 0.273. The smallest absolute Gasteiger partial charge is 0.251 e. The van der Waals surface area contributed by atoms with E-state index in [-0.39, 0.29) is 0 Å². The van der Waals surface area contributed by atoms with E-state index in [9.17, 15) is 0 Å². The van der Waals surface area contributed by atoms with E-state index in [1.54, 1.807) is 12.5 Å². The third-order valence-electron chi connectivity index (χ3n) is 2.20. The molecule has 0 fully saturated rings. The second kappa shape index (κ2) is 3.25. The van der Waals surface area contributed by atoms with Gasteiger partial charge in [0, 0.05) is 19.0 Å². The molecule has 3 heteroatoms. The van der Waals surface area contributed by atoms with E-state index in [1.165, 1.54) is 0 Å². The maximum absolute atomic E-state index is 5.59. The largest absolute Gasteiger partial charge is 0.457 e. The monoisotopic (exact) mass is 191 g/mol. The maximum Gasteiger partial charge on any atom is 0.251 e. The van der Waals surface area contributed by atoms with Gasteiger partial charge in [0.2, 0.25) is 0 Å². The van der Waals surface area contributed by atoms with Gasteiger partial charge in [0.15, 0.2) is 0 Å². The zero-order chi connectivity index (χ0) is 10.0. The molecule has 1 aliphatic heterocycles. The Morgan fingerprint density at radius 3 is 2.29 bits per heavy atom. The normalized spacial score (nSPS) is 17.5. The topological polar surface area (TPSA) is 44.5 Å². The molecule has 0 bridgehead atoms. The lowest BCUT2D eigenvalue weighted by Gasteiger charge is -2.22. The molecule has 1 aliphatic rings. The van der Waals surface area contributed by atoms with Gasteiger partial charge in [-0.25, -0.2) is 0 Å². The summed E-state index contributed by atoms with van der Waals surface area (Å²) in [7, 11) is 0. The molecule has 1 aromatic carbocycles. The number of ether oxygens (including phenoxy) is 2. The molecule has 3 nitrogen and oxygen atoms in total. The summed E-state index contributed by atoms with van der Waals surface area (Å²) in [5.41, 5.74) is 7.51. The van der Waals surface area contributed by atoms with E-state index in [4.69, 9.17) is 15.2 Å². The summed E-state index contributed by atoms with van der Waals surface area (Å²) in [6.07, 6.45) is 3.84. The molecule has 14 heavy (non-hydrogen) atoms. The van der Waals surface area contributed by atoms with E-state index < -0.39 is 5.79 Å². The molecule has 0 atom stereocenters. The van der Waals surface area contributed by atoms with Crippen molar-refractivity contribution in [1.82, 2.24) is 0 Å². The van der Waals surface area contributed by atoms with Crippen LogP contribution in [0.15, 0.2) is 36.8 Å². The Morgan fingerprint density at radius 1 is 1.14 bits per heavy atom. The number of benzene rings is 1. The van der Waals surface area contributed by atoms with E-state index in [0.29, 0.717) is 6.42 Å². The van der Waals surface area contributed by atoms with Gasteiger partial charge < -0.3 is 15.2 Å². The van der Waals surface area contributed by atoms with Crippen LogP contribution in [0.3, 0.4) is 0 Å². The predicted molar refractivity (Wildman–Crippen MR) is 54.3 cm³/mol. The van der Waals surface area contributed by atoms with Gasteiger partial charge in [-0.2, -0.15) is 0 Å². The number of nitrogens with two attached hydrogens (primary N) is 1. The molecular formula is C11H13NO2. The summed E-state index contributed by atoms with van der Waals surface area (Å²) in [6.45, 7) is 1.91. The van der Waals surface area contributed by atoms with Gasteiger partial charge in [-0.05, 0) is 17.7 Å². The molecule has 0 saturated carbocycles. The van der Waals surface area contributed by atoms with Crippen LogP contribution in [0, 0.1) is 0 Å². The molecule has 0 amide bonds. The Labute approximate surface area is 83.1 Å². The van der Waals surface area contributed by atoms with E-state index >= 15 is 0 Å². The van der Waals surface area contributed by atoms with Gasteiger partial charge in [-0.15, -0.1) is 0 Å². The lowest BCUT2D eigenvalue weighted by molar-refractivity contribution is -0.124. The average Bonchev–Trinajstić information content (AvgIpc) is 2.57. The highest BCUT2D eigenvalue weighted by Gasteiger charge is 2.29. The second-order valence-corrected chi connectivity index (χ2v) is 3.56. The van der Waals surface area contributed by atoms with Gasteiger partial charge in [0.05, 0.1) is 0 Å². The summed E-state index contributed by atoms with van der Waals surface area (Å²) < 4.78 is 10.7. The van der Waals surface area contributed by atoms with Crippen LogP contribution in [-0.2, 0) is 15.9 Å². The molecule has 0 spiro atoms. The zero-order valence-electron chi connectivity index (χ0n) is 8.07. The molecule has 0 saturated heterocycles. The first-order valence-corrected chi connectivity index (χ1v) is 4.53. The number of hydrogen-bond donors (Lipinski definition) is 1. The maximum atomic E-state index is 5.59. The molecule has 0 unspecified atom stereocenters. The minimum Gasteiger partial charge on any atom is -0.457 e. The lowest BCUT2D eigenvalue weighted by Crippen LogP contribution is -2.28. The Kier molecular flexibility index (Phi) is 2.08. The summed E-state index contributed by atoms with van der Waals surface area (Å²) in [6, 6.07) is 7.71. The van der Waals surface area contributed by atoms with Crippen molar-refractivity contribution in [1.29, 1.82) is 0 Å². The minimum absolute atomic E-state index is 0.559. The summed E-state index contributed by atoms with van der Waals surface area (Å²) in [5.74, 6) is -0.559. The number of nitrogen functional groups attached to an aromatic ring is 1. The Balaban J connectivity index is 2.07. The van der Waals surface area contributed by atoms with E-state index in [0.717, 1.165) is 11.3 Å². The molecular weight excluding hydrogens is 178 g/mol. The fourth-order valence-electron chi connectivity index (χ4n) is 1.46. The number of hydrogen-bond acceptors (Lipinski definition) is 3. The van der Waals surface area contributed by atoms with Gasteiger partial charge in [-0.1, -0.05) is 12.1 Å². The van der Waals surface area contributed by atoms with Gasteiger partial charge in [0.1, 0.15) is 12.5 Å². The van der Waals surface area contributed by atoms with Gasteiger partial charge in [-0.3, -0.25) is 0 Å². The Morgan fingerprint density at radius 2 is 1.71 bits per heavy atom. The van der Waals surface area contributed by atoms with Crippen LogP contribution in [0.25, 0.3) is 0 Å². The van der Waals surface area contributed by atoms with Crippen molar-refractivity contribution in [2.45, 2.75) is 19.1 Å². The van der Waals surface area contributed by atoms with Crippen molar-refractivity contribution in [2.24, 2.45) is 0 Å². The van der Waals surface area contributed by atoms with E-state index in [1.807, 2.05) is 31.2 Å². The third-order valence-corrected chi connectivity index (χ3v) is 2.20. The zero-order valence-corrected chi connectivity index (χ0v) is 8.07. The number of anilines is 1. The Hall–Kier alpha value is -1.64. The Bertz CT molecular complexity index is 335. The first kappa shape index (κ1) is 8.94. The van der Waals surface area contributed by atoms with Crippen molar-refractivity contribution in [3.05, 3.63) is 42.4 Å². The standard InChI is InChI=1S/C11H13NO2/c1-11(13-6-7-14-11)8-9-2-4-10(12)5-3-9/h2-7H,8,12H2,1H3. The SMILES string of the molecule is CC1(Cc2ccc(N)cc2)OC=CO1. The third kappa shape index (κ3) is 1.82. The highest BCUT2D eigenvalue weighted by molar-refractivity contribution is 5.39. The molecule has 0 aromatic heterocycles. The van der Waals surface area contributed by atoms with Crippen molar-refractivity contribution in [3.8, 4) is 0 Å². The van der Waals surface area contributed by atoms with Crippen LogP contribution in [0.4, 0.5) is 5.69 Å². The molecule has 0 aliphatic carbocycles. The quantitative estimate of drug-likeness (QED) is 0.727. The lowest BCUT2D eigenvalue weighted by atomic mass is 10.1. The van der Waals surface area contributed by atoms with Gasteiger partial charge >= 0.3 is 0 Å². The molecule has 1 heterocycles. The first-order valence-electron chi connectivity index (χ1n) is 4.53. The van der Waals surface area contributed by atoms with Crippen LogP contribution < -0.4 is 5.73 Å². The predicted octanol–water partition coefficient (Wildman–Crippen LogP) is 2.05. The fourth-order valence-corrected chi connectivity index (χ4v) is 1.46. The minimum atomic E-state index is -0.559. The summed E-state index contributed by atoms with van der Waals surface area (Å²) in [5, 5.41) is 0. The summed E-state index contributed by atoms with van der Waals surface area (Å²) >= 11 is 0. The van der Waals surface area contributed by atoms with E-state index in [2.05, 4.69) is 0 Å². The molecule has 2 N–H and O–H groups in total. The molecule has 0 radical (unpaired) electrons. The van der Waals surface area contributed by atoms with Crippen molar-refractivity contribution >= 4 is 5.69 Å². The average molecular weight is 191 g/mol. The van der Waals surface area contributed by atoms with Crippen LogP contribution >= 0.6 is 0 Å². The van der Waals surface area contributed by atoms with Crippen LogP contribution in [0.2, 0.25) is 0 Å². The highest BCUT2D eigenvalue weighted by atomic mass is 16.7. The van der Waals surface area contributed by atoms with Crippen molar-refractivity contribution in [3.63, 3.8) is 0 Å². The highest BCUT2D eigenvalue weighted by Crippen LogP contribution is 2.24. The first-order chi connectivity index (χ1) is 6.68. The van der Waals surface area contributed by atoms with Gasteiger partial charge in [0.25, 0.3) is 5.79 Å². The molecule has 2 rings (SSSR count). The number of rotatable bonds is 2.